The second kappa shape index (κ2) is 18.4. The minimum atomic E-state index is 1.26. The largest absolute Gasteiger partial charge is 0.143 e. The van der Waals surface area contributed by atoms with Crippen molar-refractivity contribution in [2.75, 3.05) is 0 Å². The number of fused-ring (bicyclic) bond motifs is 2. The van der Waals surface area contributed by atoms with Gasteiger partial charge in [0.15, 0.2) is 0 Å². The third kappa shape index (κ3) is 10.5. The number of benzene rings is 1. The Morgan fingerprint density at radius 3 is 1.06 bits per heavy atom. The first-order chi connectivity index (χ1) is 17.8. The van der Waals surface area contributed by atoms with Crippen LogP contribution in [0.1, 0.15) is 153 Å². The molecule has 0 unspecified atom stereocenters. The molecule has 0 aliphatic rings. The average molecular weight is 527 g/mol. The Morgan fingerprint density at radius 2 is 0.722 bits per heavy atom. The van der Waals surface area contributed by atoms with E-state index >= 15 is 0 Å². The topological polar surface area (TPSA) is 0 Å². The first-order valence-corrected chi connectivity index (χ1v) is 17.5. The third-order valence-corrected chi connectivity index (χ3v) is 10.0. The van der Waals surface area contributed by atoms with Gasteiger partial charge in [-0.2, -0.15) is 0 Å². The molecule has 0 amide bonds. The number of hydrogen-bond donors (Lipinski definition) is 0. The van der Waals surface area contributed by atoms with Gasteiger partial charge in [-0.3, -0.25) is 0 Å². The molecular weight excluding hydrogens is 473 g/mol. The zero-order chi connectivity index (χ0) is 25.3. The summed E-state index contributed by atoms with van der Waals surface area (Å²) in [5.74, 6) is 0. The van der Waals surface area contributed by atoms with Crippen molar-refractivity contribution in [2.24, 2.45) is 0 Å². The zero-order valence-corrected chi connectivity index (χ0v) is 25.3. The van der Waals surface area contributed by atoms with Crippen LogP contribution in [0.3, 0.4) is 0 Å². The molecule has 0 nitrogen and oxygen atoms in total. The van der Waals surface area contributed by atoms with E-state index in [4.69, 9.17) is 0 Å². The Labute approximate surface area is 231 Å². The molecule has 1 aromatic carbocycles. The number of thiophene rings is 2. The van der Waals surface area contributed by atoms with Crippen molar-refractivity contribution in [3.05, 3.63) is 34.0 Å². The van der Waals surface area contributed by atoms with Gasteiger partial charge in [0.05, 0.1) is 0 Å². The maximum atomic E-state index is 2.51. The van der Waals surface area contributed by atoms with Crippen LogP contribution in [0.2, 0.25) is 0 Å². The summed E-state index contributed by atoms with van der Waals surface area (Å²) in [5, 5.41) is 7.97. The second-order valence-electron chi connectivity index (χ2n) is 11.2. The van der Waals surface area contributed by atoms with E-state index in [0.717, 1.165) is 0 Å². The first-order valence-electron chi connectivity index (χ1n) is 15.7. The Hall–Kier alpha value is -0.860. The SMILES string of the molecule is CCCCCCCCCCCCc1csc2cc3c(CCCCCCCCCCCC)csc3cc12. The smallest absolute Gasteiger partial charge is 0.0352 e. The van der Waals surface area contributed by atoms with Crippen molar-refractivity contribution in [3.63, 3.8) is 0 Å². The lowest BCUT2D eigenvalue weighted by molar-refractivity contribution is 0.556. The highest BCUT2D eigenvalue weighted by Crippen LogP contribution is 2.36. The van der Waals surface area contributed by atoms with Crippen LogP contribution in [-0.2, 0) is 12.8 Å². The molecule has 2 heteroatoms. The molecule has 3 aromatic rings. The number of aryl methyl sites for hydroxylation is 2. The van der Waals surface area contributed by atoms with Crippen molar-refractivity contribution >= 4 is 42.8 Å². The molecule has 0 aliphatic heterocycles. The Morgan fingerprint density at radius 1 is 0.417 bits per heavy atom. The average Bonchev–Trinajstić information content (AvgIpc) is 3.48. The van der Waals surface area contributed by atoms with Crippen LogP contribution in [-0.4, -0.2) is 0 Å². The normalized spacial score (nSPS) is 11.8. The van der Waals surface area contributed by atoms with Gasteiger partial charge in [-0.25, -0.2) is 0 Å². The predicted octanol–water partition coefficient (Wildman–Crippen LogP) is 13.0. The van der Waals surface area contributed by atoms with E-state index in [1.807, 2.05) is 22.7 Å². The molecule has 0 saturated carbocycles. The summed E-state index contributed by atoms with van der Waals surface area (Å²) in [5.41, 5.74) is 3.20. The standard InChI is InChI=1S/C34H54S2/c1-3-5-7-9-11-13-15-17-19-21-23-29-27-35-33-26-32-30(28-36-34(32)25-31(29)33)24-22-20-18-16-14-12-10-8-6-4-2/h25-28H,3-24H2,1-2H3. The quantitative estimate of drug-likeness (QED) is 0.114. The lowest BCUT2D eigenvalue weighted by atomic mass is 10.0. The van der Waals surface area contributed by atoms with E-state index in [-0.39, 0.29) is 0 Å². The van der Waals surface area contributed by atoms with E-state index < -0.39 is 0 Å². The molecule has 0 saturated heterocycles. The molecule has 36 heavy (non-hydrogen) atoms. The molecule has 0 aliphatic carbocycles. The minimum Gasteiger partial charge on any atom is -0.143 e. The van der Waals surface area contributed by atoms with Crippen LogP contribution in [0.15, 0.2) is 22.9 Å². The molecule has 0 atom stereocenters. The fourth-order valence-electron chi connectivity index (χ4n) is 5.65. The Kier molecular flexibility index (Phi) is 15.2. The van der Waals surface area contributed by atoms with Gasteiger partial charge in [0.25, 0.3) is 0 Å². The molecule has 202 valence electrons. The van der Waals surface area contributed by atoms with Crippen molar-refractivity contribution in [1.82, 2.24) is 0 Å². The number of unbranched alkanes of at least 4 members (excludes halogenated alkanes) is 18. The third-order valence-electron chi connectivity index (χ3n) is 8.03. The first kappa shape index (κ1) is 29.7. The predicted molar refractivity (Wildman–Crippen MR) is 168 cm³/mol. The van der Waals surface area contributed by atoms with Crippen LogP contribution in [0.5, 0.6) is 0 Å². The van der Waals surface area contributed by atoms with Gasteiger partial charge >= 0.3 is 0 Å². The van der Waals surface area contributed by atoms with E-state index in [9.17, 15) is 0 Å². The highest BCUT2D eigenvalue weighted by Gasteiger charge is 2.10. The molecule has 2 aromatic heterocycles. The van der Waals surface area contributed by atoms with Crippen molar-refractivity contribution in [3.8, 4) is 0 Å². The maximum Gasteiger partial charge on any atom is 0.0352 e. The summed E-state index contributed by atoms with van der Waals surface area (Å²) in [6.45, 7) is 4.61. The summed E-state index contributed by atoms with van der Waals surface area (Å²) >= 11 is 3.94. The van der Waals surface area contributed by atoms with E-state index in [2.05, 4.69) is 36.7 Å². The van der Waals surface area contributed by atoms with Gasteiger partial charge in [0.1, 0.15) is 0 Å². The maximum absolute atomic E-state index is 2.51. The van der Waals surface area contributed by atoms with Gasteiger partial charge in [0, 0.05) is 9.40 Å². The molecule has 0 radical (unpaired) electrons. The molecular formula is C34H54S2. The summed E-state index contributed by atoms with van der Waals surface area (Å²) < 4.78 is 3.01. The molecule has 0 N–H and O–H groups in total. The molecule has 0 fully saturated rings. The number of hydrogen-bond acceptors (Lipinski definition) is 2. The molecule has 2 heterocycles. The summed E-state index contributed by atoms with van der Waals surface area (Å²) in [6.07, 6.45) is 30.9. The van der Waals surface area contributed by atoms with Crippen LogP contribution in [0, 0.1) is 0 Å². The summed E-state index contributed by atoms with van der Waals surface area (Å²) in [6, 6.07) is 5.03. The van der Waals surface area contributed by atoms with Crippen LogP contribution >= 0.6 is 22.7 Å². The molecule has 3 rings (SSSR count). The fourth-order valence-corrected chi connectivity index (χ4v) is 7.68. The minimum absolute atomic E-state index is 1.26. The van der Waals surface area contributed by atoms with Crippen molar-refractivity contribution < 1.29 is 0 Å². The van der Waals surface area contributed by atoms with Crippen LogP contribution < -0.4 is 0 Å². The van der Waals surface area contributed by atoms with Crippen molar-refractivity contribution in [2.45, 2.75) is 155 Å². The Bertz CT molecular complexity index is 869. The lowest BCUT2D eigenvalue weighted by Gasteiger charge is -2.04. The van der Waals surface area contributed by atoms with E-state index in [1.54, 1.807) is 11.1 Å². The van der Waals surface area contributed by atoms with Gasteiger partial charge in [-0.05, 0) is 70.5 Å². The van der Waals surface area contributed by atoms with Gasteiger partial charge in [-0.15, -0.1) is 22.7 Å². The zero-order valence-electron chi connectivity index (χ0n) is 23.7. The highest BCUT2D eigenvalue weighted by molar-refractivity contribution is 7.19. The van der Waals surface area contributed by atoms with Gasteiger partial charge < -0.3 is 0 Å². The van der Waals surface area contributed by atoms with Crippen LogP contribution in [0.4, 0.5) is 0 Å². The monoisotopic (exact) mass is 526 g/mol. The molecule has 0 spiro atoms. The number of rotatable bonds is 22. The molecule has 0 bridgehead atoms. The van der Waals surface area contributed by atoms with E-state index in [0.29, 0.717) is 0 Å². The van der Waals surface area contributed by atoms with Gasteiger partial charge in [0.2, 0.25) is 0 Å². The second-order valence-corrected chi connectivity index (χ2v) is 13.1. The van der Waals surface area contributed by atoms with Crippen LogP contribution in [0.25, 0.3) is 20.2 Å². The Balaban J connectivity index is 1.34. The fraction of sp³-hybridized carbons (Fsp3) is 0.706. The van der Waals surface area contributed by atoms with Gasteiger partial charge in [-0.1, -0.05) is 129 Å². The lowest BCUT2D eigenvalue weighted by Crippen LogP contribution is -1.87. The summed E-state index contributed by atoms with van der Waals surface area (Å²) in [4.78, 5) is 0. The summed E-state index contributed by atoms with van der Waals surface area (Å²) in [7, 11) is 0. The van der Waals surface area contributed by atoms with Crippen molar-refractivity contribution in [1.29, 1.82) is 0 Å². The van der Waals surface area contributed by atoms with E-state index in [1.165, 1.54) is 161 Å². The highest BCUT2D eigenvalue weighted by atomic mass is 32.1.